The van der Waals surface area contributed by atoms with Crippen molar-refractivity contribution in [3.05, 3.63) is 39.2 Å². The topological polar surface area (TPSA) is 57.3 Å². The average Bonchev–Trinajstić information content (AvgIpc) is 2.78. The van der Waals surface area contributed by atoms with Crippen LogP contribution in [-0.2, 0) is 11.3 Å². The summed E-state index contributed by atoms with van der Waals surface area (Å²) in [7, 11) is 1.68. The average molecular weight is 353 g/mol. The van der Waals surface area contributed by atoms with E-state index < -0.39 is 0 Å². The van der Waals surface area contributed by atoms with Gasteiger partial charge in [-0.1, -0.05) is 22.4 Å². The van der Waals surface area contributed by atoms with E-state index in [1.54, 1.807) is 7.11 Å². The third kappa shape index (κ3) is 3.11. The summed E-state index contributed by atoms with van der Waals surface area (Å²) in [5.74, 6) is 0.860. The molecule has 1 aromatic heterocycles. The second-order valence-corrected chi connectivity index (χ2v) is 6.24. The first kappa shape index (κ1) is 14.5. The van der Waals surface area contributed by atoms with Crippen molar-refractivity contribution in [2.24, 2.45) is 5.92 Å². The largest absolute Gasteiger partial charge is 0.380 e. The van der Waals surface area contributed by atoms with Gasteiger partial charge in [0.15, 0.2) is 0 Å². The van der Waals surface area contributed by atoms with Crippen molar-refractivity contribution in [3.63, 3.8) is 0 Å². The van der Waals surface area contributed by atoms with Crippen LogP contribution < -0.4 is 5.69 Å². The van der Waals surface area contributed by atoms with Crippen molar-refractivity contribution in [2.45, 2.75) is 31.9 Å². The molecule has 21 heavy (non-hydrogen) atoms. The minimum absolute atomic E-state index is 0.0159. The minimum Gasteiger partial charge on any atom is -0.379 e. The molecule has 1 heterocycles. The maximum Gasteiger partial charge on any atom is 0.380 e. The van der Waals surface area contributed by atoms with E-state index >= 15 is 0 Å². The Morgan fingerprint density at radius 3 is 2.71 bits per heavy atom. The molecule has 1 atom stereocenters. The standard InChI is InChI=1S/C15H17BrN2O3/c1-20-13(10-3-2-4-10)9-18-15(19)17-14(21-18)11-5-7-12(16)8-6-11/h5-8,10,13H,2-4,9H2,1H3. The van der Waals surface area contributed by atoms with Gasteiger partial charge in [-0.25, -0.2) is 4.79 Å². The van der Waals surface area contributed by atoms with Crippen LogP contribution in [0.2, 0.25) is 0 Å². The number of nitrogens with zero attached hydrogens (tertiary/aromatic N) is 2. The van der Waals surface area contributed by atoms with Gasteiger partial charge in [-0.2, -0.15) is 9.72 Å². The van der Waals surface area contributed by atoms with E-state index in [9.17, 15) is 4.79 Å². The summed E-state index contributed by atoms with van der Waals surface area (Å²) in [6.45, 7) is 0.420. The highest BCUT2D eigenvalue weighted by molar-refractivity contribution is 9.10. The summed E-state index contributed by atoms with van der Waals surface area (Å²) < 4.78 is 13.3. The number of ether oxygens (including phenoxy) is 1. The van der Waals surface area contributed by atoms with Crippen LogP contribution in [0, 0.1) is 5.92 Å². The Hall–Kier alpha value is -1.40. The fourth-order valence-corrected chi connectivity index (χ4v) is 2.79. The molecule has 1 aliphatic rings. The number of hydrogen-bond donors (Lipinski definition) is 0. The molecule has 3 rings (SSSR count). The first-order valence-corrected chi connectivity index (χ1v) is 7.83. The third-order valence-electron chi connectivity index (χ3n) is 4.02. The fourth-order valence-electron chi connectivity index (χ4n) is 2.52. The molecule has 0 spiro atoms. The maximum absolute atomic E-state index is 12.0. The van der Waals surface area contributed by atoms with E-state index in [0.29, 0.717) is 18.4 Å². The normalized spacial score (nSPS) is 16.7. The Balaban J connectivity index is 1.80. The first-order valence-electron chi connectivity index (χ1n) is 7.04. The molecule has 1 fully saturated rings. The Morgan fingerprint density at radius 1 is 1.43 bits per heavy atom. The predicted molar refractivity (Wildman–Crippen MR) is 82.0 cm³/mol. The SMILES string of the molecule is COC(Cn1oc(-c2ccc(Br)cc2)nc1=O)C1CCC1. The molecular formula is C15H17BrN2O3. The first-order chi connectivity index (χ1) is 10.2. The molecule has 0 saturated heterocycles. The van der Waals surface area contributed by atoms with Crippen molar-refractivity contribution < 1.29 is 9.26 Å². The number of aromatic nitrogens is 2. The summed E-state index contributed by atoms with van der Waals surface area (Å²) in [6, 6.07) is 7.50. The highest BCUT2D eigenvalue weighted by atomic mass is 79.9. The molecule has 0 N–H and O–H groups in total. The van der Waals surface area contributed by atoms with Crippen molar-refractivity contribution in [1.29, 1.82) is 0 Å². The quantitative estimate of drug-likeness (QED) is 0.829. The lowest BCUT2D eigenvalue weighted by atomic mass is 9.81. The van der Waals surface area contributed by atoms with Gasteiger partial charge in [0, 0.05) is 17.1 Å². The van der Waals surface area contributed by atoms with Crippen LogP contribution in [0.5, 0.6) is 0 Å². The highest BCUT2D eigenvalue weighted by Gasteiger charge is 2.28. The summed E-state index contributed by atoms with van der Waals surface area (Å²) in [5, 5.41) is 0. The van der Waals surface area contributed by atoms with Crippen molar-refractivity contribution >= 4 is 15.9 Å². The van der Waals surface area contributed by atoms with E-state index in [4.69, 9.17) is 9.26 Å². The van der Waals surface area contributed by atoms with Crippen LogP contribution in [0.1, 0.15) is 19.3 Å². The smallest absolute Gasteiger partial charge is 0.379 e. The van der Waals surface area contributed by atoms with Gasteiger partial charge in [-0.15, -0.1) is 0 Å². The van der Waals surface area contributed by atoms with Gasteiger partial charge in [-0.3, -0.25) is 0 Å². The molecule has 0 aliphatic heterocycles. The number of hydrogen-bond acceptors (Lipinski definition) is 4. The molecule has 112 valence electrons. The third-order valence-corrected chi connectivity index (χ3v) is 4.55. The number of benzene rings is 1. The van der Waals surface area contributed by atoms with Crippen LogP contribution in [0.15, 0.2) is 38.1 Å². The number of halogens is 1. The predicted octanol–water partition coefficient (Wildman–Crippen LogP) is 3.08. The van der Waals surface area contributed by atoms with E-state index in [0.717, 1.165) is 22.9 Å². The fraction of sp³-hybridized carbons (Fsp3) is 0.467. The van der Waals surface area contributed by atoms with Crippen LogP contribution in [0.4, 0.5) is 0 Å². The molecule has 6 heteroatoms. The molecule has 1 aliphatic carbocycles. The molecule has 2 aromatic rings. The lowest BCUT2D eigenvalue weighted by Crippen LogP contribution is -2.34. The zero-order valence-corrected chi connectivity index (χ0v) is 13.4. The van der Waals surface area contributed by atoms with E-state index in [1.807, 2.05) is 24.3 Å². The summed E-state index contributed by atoms with van der Waals surface area (Å²) >= 11 is 3.38. The van der Waals surface area contributed by atoms with Crippen molar-refractivity contribution in [3.8, 4) is 11.5 Å². The molecule has 0 radical (unpaired) electrons. The number of rotatable bonds is 5. The molecule has 1 aromatic carbocycles. The Bertz CT molecular complexity index is 658. The summed E-state index contributed by atoms with van der Waals surface area (Å²) in [4.78, 5) is 15.9. The van der Waals surface area contributed by atoms with Crippen LogP contribution >= 0.6 is 15.9 Å². The molecule has 0 bridgehead atoms. The van der Waals surface area contributed by atoms with Crippen LogP contribution in [0.25, 0.3) is 11.5 Å². The highest BCUT2D eigenvalue weighted by Crippen LogP contribution is 2.31. The van der Waals surface area contributed by atoms with E-state index in [2.05, 4.69) is 20.9 Å². The Labute approximate surface area is 131 Å². The van der Waals surface area contributed by atoms with Gasteiger partial charge in [-0.05, 0) is 43.0 Å². The lowest BCUT2D eigenvalue weighted by molar-refractivity contribution is -0.00774. The van der Waals surface area contributed by atoms with Gasteiger partial charge in [0.05, 0.1) is 12.6 Å². The van der Waals surface area contributed by atoms with Crippen LogP contribution in [-0.4, -0.2) is 22.9 Å². The van der Waals surface area contributed by atoms with Gasteiger partial charge in [0.2, 0.25) is 0 Å². The van der Waals surface area contributed by atoms with Gasteiger partial charge in [0.25, 0.3) is 5.89 Å². The lowest BCUT2D eigenvalue weighted by Gasteiger charge is -2.32. The number of methoxy groups -OCH3 is 1. The van der Waals surface area contributed by atoms with E-state index in [1.165, 1.54) is 11.2 Å². The minimum atomic E-state index is -0.366. The van der Waals surface area contributed by atoms with Crippen LogP contribution in [0.3, 0.4) is 0 Å². The monoisotopic (exact) mass is 352 g/mol. The molecule has 0 amide bonds. The molecule has 5 nitrogen and oxygen atoms in total. The zero-order chi connectivity index (χ0) is 14.8. The molecular weight excluding hydrogens is 336 g/mol. The Morgan fingerprint density at radius 2 is 2.14 bits per heavy atom. The second kappa shape index (κ2) is 6.15. The molecule has 1 unspecified atom stereocenters. The second-order valence-electron chi connectivity index (χ2n) is 5.32. The van der Waals surface area contributed by atoms with Crippen molar-refractivity contribution in [2.75, 3.05) is 7.11 Å². The molecule has 1 saturated carbocycles. The van der Waals surface area contributed by atoms with Crippen molar-refractivity contribution in [1.82, 2.24) is 9.72 Å². The summed E-state index contributed by atoms with van der Waals surface area (Å²) in [5.41, 5.74) is 0.418. The zero-order valence-electron chi connectivity index (χ0n) is 11.8. The van der Waals surface area contributed by atoms with Gasteiger partial charge < -0.3 is 9.26 Å². The summed E-state index contributed by atoms with van der Waals surface area (Å²) in [6.07, 6.45) is 3.56. The Kier molecular flexibility index (Phi) is 4.26. The maximum atomic E-state index is 12.0. The van der Waals surface area contributed by atoms with Gasteiger partial charge >= 0.3 is 5.69 Å². The van der Waals surface area contributed by atoms with E-state index in [-0.39, 0.29) is 11.8 Å². The van der Waals surface area contributed by atoms with Gasteiger partial charge in [0.1, 0.15) is 0 Å².